The lowest BCUT2D eigenvalue weighted by Crippen LogP contribution is -2.09. The molecule has 0 radical (unpaired) electrons. The van der Waals surface area contributed by atoms with Crippen LogP contribution in [0.4, 0.5) is 11.4 Å². The van der Waals surface area contributed by atoms with E-state index in [1.807, 2.05) is 0 Å². The van der Waals surface area contributed by atoms with E-state index in [2.05, 4.69) is 5.32 Å². The van der Waals surface area contributed by atoms with Gasteiger partial charge in [-0.25, -0.2) is 0 Å². The number of hydrogen-bond donors (Lipinski definition) is 1. The van der Waals surface area contributed by atoms with E-state index >= 15 is 0 Å². The van der Waals surface area contributed by atoms with Crippen molar-refractivity contribution in [2.45, 2.75) is 13.8 Å². The van der Waals surface area contributed by atoms with Crippen LogP contribution in [0.5, 0.6) is 0 Å². The van der Waals surface area contributed by atoms with Gasteiger partial charge in [-0.1, -0.05) is 12.1 Å². The Morgan fingerprint density at radius 3 is 2.75 bits per heavy atom. The van der Waals surface area contributed by atoms with Crippen molar-refractivity contribution in [1.29, 1.82) is 0 Å². The lowest BCUT2D eigenvalue weighted by Gasteiger charge is -2.06. The molecule has 0 unspecified atom stereocenters. The number of benzene rings is 1. The number of carbonyl (C=O) groups is 1. The Labute approximate surface area is 92.9 Å². The summed E-state index contributed by atoms with van der Waals surface area (Å²) in [6, 6.07) is 4.57. The lowest BCUT2D eigenvalue weighted by molar-refractivity contribution is -0.385. The molecule has 1 aromatic carbocycles. The van der Waals surface area contributed by atoms with Crippen molar-refractivity contribution in [3.05, 3.63) is 46.0 Å². The summed E-state index contributed by atoms with van der Waals surface area (Å²) >= 11 is 0. The number of anilines is 1. The smallest absolute Gasteiger partial charge is 0.274 e. The van der Waals surface area contributed by atoms with Gasteiger partial charge in [-0.2, -0.15) is 0 Å². The Hall–Kier alpha value is -2.17. The molecule has 0 aliphatic rings. The molecule has 0 saturated carbocycles. The average Bonchev–Trinajstić information content (AvgIpc) is 2.21. The number of carbonyl (C=O) groups excluding carboxylic acids is 1. The van der Waals surface area contributed by atoms with E-state index in [1.54, 1.807) is 26.0 Å². The first kappa shape index (κ1) is 11.9. The van der Waals surface area contributed by atoms with Gasteiger partial charge in [0.15, 0.2) is 0 Å². The highest BCUT2D eigenvalue weighted by atomic mass is 16.6. The second-order valence-corrected chi connectivity index (χ2v) is 3.20. The number of rotatable bonds is 3. The molecular weight excluding hydrogens is 208 g/mol. The van der Waals surface area contributed by atoms with E-state index in [9.17, 15) is 14.9 Å². The van der Waals surface area contributed by atoms with Crippen molar-refractivity contribution in [2.75, 3.05) is 5.32 Å². The molecule has 0 aromatic heterocycles. The molecule has 0 aliphatic carbocycles. The zero-order valence-electron chi connectivity index (χ0n) is 9.06. The first-order valence-corrected chi connectivity index (χ1v) is 4.74. The molecule has 0 aliphatic heterocycles. The van der Waals surface area contributed by atoms with Crippen molar-refractivity contribution in [2.24, 2.45) is 0 Å². The molecule has 0 fully saturated rings. The van der Waals surface area contributed by atoms with E-state index in [4.69, 9.17) is 0 Å². The van der Waals surface area contributed by atoms with Crippen LogP contribution in [-0.2, 0) is 4.79 Å². The Balaban J connectivity index is 3.02. The molecule has 1 N–H and O–H groups in total. The zero-order chi connectivity index (χ0) is 12.1. The molecule has 0 bridgehead atoms. The molecule has 0 atom stereocenters. The van der Waals surface area contributed by atoms with Gasteiger partial charge in [0.25, 0.3) is 5.69 Å². The molecule has 1 rings (SSSR count). The van der Waals surface area contributed by atoms with Gasteiger partial charge < -0.3 is 5.32 Å². The zero-order valence-corrected chi connectivity index (χ0v) is 9.06. The Kier molecular flexibility index (Phi) is 3.77. The fourth-order valence-electron chi connectivity index (χ4n) is 1.28. The van der Waals surface area contributed by atoms with Gasteiger partial charge in [-0.3, -0.25) is 14.9 Å². The fraction of sp³-hybridized carbons (Fsp3) is 0.182. The van der Waals surface area contributed by atoms with Gasteiger partial charge in [0.1, 0.15) is 0 Å². The minimum atomic E-state index is -0.472. The van der Waals surface area contributed by atoms with Crippen molar-refractivity contribution < 1.29 is 9.72 Å². The summed E-state index contributed by atoms with van der Waals surface area (Å²) in [4.78, 5) is 21.5. The predicted molar refractivity (Wildman–Crippen MR) is 61.3 cm³/mol. The second kappa shape index (κ2) is 5.06. The maximum atomic E-state index is 11.3. The Bertz CT molecular complexity index is 453. The number of hydrogen-bond acceptors (Lipinski definition) is 3. The quantitative estimate of drug-likeness (QED) is 0.483. The van der Waals surface area contributed by atoms with Crippen LogP contribution in [0.15, 0.2) is 30.4 Å². The average molecular weight is 220 g/mol. The monoisotopic (exact) mass is 220 g/mol. The van der Waals surface area contributed by atoms with Gasteiger partial charge >= 0.3 is 0 Å². The summed E-state index contributed by atoms with van der Waals surface area (Å²) in [5.41, 5.74) is 0.904. The van der Waals surface area contributed by atoms with E-state index in [-0.39, 0.29) is 11.6 Å². The molecule has 0 heterocycles. The van der Waals surface area contributed by atoms with E-state index < -0.39 is 4.92 Å². The number of allylic oxidation sites excluding steroid dienone is 1. The molecular formula is C11H12N2O3. The maximum Gasteiger partial charge on any atom is 0.274 e. The molecule has 16 heavy (non-hydrogen) atoms. The number of nitro groups is 1. The fourth-order valence-corrected chi connectivity index (χ4v) is 1.28. The van der Waals surface area contributed by atoms with E-state index in [0.29, 0.717) is 11.3 Å². The third-order valence-electron chi connectivity index (χ3n) is 2.08. The standard InChI is InChI=1S/C11H12N2O3/c1-3-5-11(14)12-9-6-4-7-10(8(9)2)13(15)16/h3-7H,1-2H3,(H,12,14)/b5-3+. The van der Waals surface area contributed by atoms with Crippen LogP contribution in [0.25, 0.3) is 0 Å². The summed E-state index contributed by atoms with van der Waals surface area (Å²) in [6.07, 6.45) is 2.96. The van der Waals surface area contributed by atoms with Crippen molar-refractivity contribution in [1.82, 2.24) is 0 Å². The van der Waals surface area contributed by atoms with Crippen LogP contribution < -0.4 is 5.32 Å². The van der Waals surface area contributed by atoms with Gasteiger partial charge in [-0.05, 0) is 26.0 Å². The van der Waals surface area contributed by atoms with Gasteiger partial charge in [0, 0.05) is 6.07 Å². The van der Waals surface area contributed by atoms with Crippen molar-refractivity contribution >= 4 is 17.3 Å². The van der Waals surface area contributed by atoms with E-state index in [0.717, 1.165) is 0 Å². The molecule has 1 amide bonds. The van der Waals surface area contributed by atoms with E-state index in [1.165, 1.54) is 18.2 Å². The molecule has 0 saturated heterocycles. The number of nitrogens with zero attached hydrogens (tertiary/aromatic N) is 1. The molecule has 5 nitrogen and oxygen atoms in total. The maximum absolute atomic E-state index is 11.3. The topological polar surface area (TPSA) is 72.2 Å². The SMILES string of the molecule is C/C=C/C(=O)Nc1cccc([N+](=O)[O-])c1C. The summed E-state index contributed by atoms with van der Waals surface area (Å²) < 4.78 is 0. The summed E-state index contributed by atoms with van der Waals surface area (Å²) in [5, 5.41) is 13.2. The normalized spacial score (nSPS) is 10.4. The van der Waals surface area contributed by atoms with Crippen LogP contribution in [0.1, 0.15) is 12.5 Å². The lowest BCUT2D eigenvalue weighted by atomic mass is 10.1. The van der Waals surface area contributed by atoms with Gasteiger partial charge in [0.05, 0.1) is 16.2 Å². The summed E-state index contributed by atoms with van der Waals surface area (Å²) in [5.74, 6) is -0.300. The van der Waals surface area contributed by atoms with Gasteiger partial charge in [0.2, 0.25) is 5.91 Å². The third kappa shape index (κ3) is 2.66. The van der Waals surface area contributed by atoms with Crippen LogP contribution in [0.2, 0.25) is 0 Å². The molecule has 1 aromatic rings. The second-order valence-electron chi connectivity index (χ2n) is 3.20. The highest BCUT2D eigenvalue weighted by molar-refractivity contribution is 6.00. The molecule has 0 spiro atoms. The summed E-state index contributed by atoms with van der Waals surface area (Å²) in [7, 11) is 0. The minimum absolute atomic E-state index is 0.00159. The highest BCUT2D eigenvalue weighted by Crippen LogP contribution is 2.24. The predicted octanol–water partition coefficient (Wildman–Crippen LogP) is 2.42. The number of nitrogens with one attached hydrogen (secondary N) is 1. The third-order valence-corrected chi connectivity index (χ3v) is 2.08. The minimum Gasteiger partial charge on any atom is -0.322 e. The highest BCUT2D eigenvalue weighted by Gasteiger charge is 2.13. The number of amides is 1. The first-order chi connectivity index (χ1) is 7.56. The first-order valence-electron chi connectivity index (χ1n) is 4.74. The largest absolute Gasteiger partial charge is 0.322 e. The summed E-state index contributed by atoms with van der Waals surface area (Å²) in [6.45, 7) is 3.32. The van der Waals surface area contributed by atoms with Crippen LogP contribution in [0.3, 0.4) is 0 Å². The molecule has 5 heteroatoms. The van der Waals surface area contributed by atoms with Crippen LogP contribution >= 0.6 is 0 Å². The van der Waals surface area contributed by atoms with Crippen molar-refractivity contribution in [3.8, 4) is 0 Å². The van der Waals surface area contributed by atoms with Gasteiger partial charge in [-0.15, -0.1) is 0 Å². The van der Waals surface area contributed by atoms with Crippen LogP contribution in [0, 0.1) is 17.0 Å². The molecule has 84 valence electrons. The number of nitro benzene ring substituents is 1. The van der Waals surface area contributed by atoms with Crippen LogP contribution in [-0.4, -0.2) is 10.8 Å². The van der Waals surface area contributed by atoms with Crippen molar-refractivity contribution in [3.63, 3.8) is 0 Å². The Morgan fingerprint density at radius 1 is 1.50 bits per heavy atom. The Morgan fingerprint density at radius 2 is 2.19 bits per heavy atom.